The van der Waals surface area contributed by atoms with Crippen LogP contribution in [0.3, 0.4) is 0 Å². The van der Waals surface area contributed by atoms with E-state index in [9.17, 15) is 14.4 Å². The number of hydrogen-bond acceptors (Lipinski definition) is 6. The van der Waals surface area contributed by atoms with Crippen molar-refractivity contribution < 1.29 is 28.6 Å². The van der Waals surface area contributed by atoms with Gasteiger partial charge in [-0.3, -0.25) is 14.4 Å². The Morgan fingerprint density at radius 1 is 0.269 bits per heavy atom. The maximum atomic E-state index is 12.9. The zero-order valence-electron chi connectivity index (χ0n) is 50.4. The Hall–Kier alpha value is -4.71. The molecule has 440 valence electrons. The number of allylic oxidation sites excluding steroid dienone is 24. The van der Waals surface area contributed by atoms with E-state index in [0.29, 0.717) is 19.3 Å². The van der Waals surface area contributed by atoms with Crippen molar-refractivity contribution in [2.24, 2.45) is 0 Å². The summed E-state index contributed by atoms with van der Waals surface area (Å²) < 4.78 is 16.9. The lowest BCUT2D eigenvalue weighted by Gasteiger charge is -2.18. The van der Waals surface area contributed by atoms with E-state index >= 15 is 0 Å². The number of ether oxygens (including phenoxy) is 3. The molecule has 0 aliphatic heterocycles. The molecule has 0 aromatic rings. The highest BCUT2D eigenvalue weighted by atomic mass is 16.6. The van der Waals surface area contributed by atoms with E-state index < -0.39 is 6.10 Å². The van der Waals surface area contributed by atoms with Crippen LogP contribution in [0.4, 0.5) is 0 Å². The Bertz CT molecular complexity index is 1710. The minimum Gasteiger partial charge on any atom is -0.462 e. The van der Waals surface area contributed by atoms with Gasteiger partial charge in [-0.05, 0) is 122 Å². The van der Waals surface area contributed by atoms with Gasteiger partial charge in [0.15, 0.2) is 6.10 Å². The molecule has 0 aromatic carbocycles. The van der Waals surface area contributed by atoms with Gasteiger partial charge < -0.3 is 14.2 Å². The molecule has 6 heteroatoms. The van der Waals surface area contributed by atoms with E-state index in [1.165, 1.54) is 83.5 Å². The van der Waals surface area contributed by atoms with Crippen LogP contribution in [0.5, 0.6) is 0 Å². The molecule has 0 saturated heterocycles. The molecule has 0 fully saturated rings. The van der Waals surface area contributed by atoms with Gasteiger partial charge in [0, 0.05) is 19.3 Å². The van der Waals surface area contributed by atoms with Gasteiger partial charge in [0.2, 0.25) is 0 Å². The maximum absolute atomic E-state index is 12.9. The molecule has 0 N–H and O–H groups in total. The molecule has 0 aromatic heterocycles. The molecule has 0 radical (unpaired) electrons. The van der Waals surface area contributed by atoms with Crippen LogP contribution in [0.15, 0.2) is 146 Å². The van der Waals surface area contributed by atoms with Gasteiger partial charge in [-0.2, -0.15) is 0 Å². The zero-order chi connectivity index (χ0) is 56.4. The van der Waals surface area contributed by atoms with Crippen LogP contribution in [0.1, 0.15) is 271 Å². The van der Waals surface area contributed by atoms with Crippen molar-refractivity contribution >= 4 is 17.9 Å². The third-order valence-electron chi connectivity index (χ3n) is 13.1. The zero-order valence-corrected chi connectivity index (χ0v) is 50.4. The second kappa shape index (κ2) is 64.8. The fraction of sp³-hybridized carbons (Fsp3) is 0.625. The van der Waals surface area contributed by atoms with Crippen molar-refractivity contribution in [3.8, 4) is 0 Å². The van der Waals surface area contributed by atoms with E-state index in [1.807, 2.05) is 0 Å². The first-order chi connectivity index (χ1) is 38.5. The second-order valence-electron chi connectivity index (χ2n) is 20.6. The maximum Gasteiger partial charge on any atom is 0.306 e. The Labute approximate surface area is 480 Å². The van der Waals surface area contributed by atoms with Crippen molar-refractivity contribution in [3.05, 3.63) is 146 Å². The summed E-state index contributed by atoms with van der Waals surface area (Å²) in [5, 5.41) is 0. The average Bonchev–Trinajstić information content (AvgIpc) is 3.44. The number of rotatable bonds is 56. The normalized spacial score (nSPS) is 13.1. The molecule has 0 heterocycles. The first-order valence-electron chi connectivity index (χ1n) is 31.8. The predicted molar refractivity (Wildman–Crippen MR) is 339 cm³/mol. The first kappa shape index (κ1) is 73.3. The summed E-state index contributed by atoms with van der Waals surface area (Å²) in [6, 6.07) is 0. The molecule has 1 unspecified atom stereocenters. The third-order valence-corrected chi connectivity index (χ3v) is 13.1. The summed E-state index contributed by atoms with van der Waals surface area (Å²) in [7, 11) is 0. The first-order valence-corrected chi connectivity index (χ1v) is 31.8. The van der Waals surface area contributed by atoms with E-state index in [4.69, 9.17) is 14.2 Å². The molecular weight excluding hydrogens is 961 g/mol. The minimum atomic E-state index is -0.801. The lowest BCUT2D eigenvalue weighted by atomic mass is 10.1. The molecule has 1 atom stereocenters. The molecule has 0 aliphatic rings. The van der Waals surface area contributed by atoms with Gasteiger partial charge in [-0.1, -0.05) is 276 Å². The predicted octanol–water partition coefficient (Wildman–Crippen LogP) is 21.9. The van der Waals surface area contributed by atoms with Crippen LogP contribution in [-0.4, -0.2) is 37.2 Å². The number of carbonyl (C=O) groups is 3. The molecule has 0 amide bonds. The number of unbranched alkanes of at least 4 members (excludes halogenated alkanes) is 21. The van der Waals surface area contributed by atoms with E-state index in [0.717, 1.165) is 148 Å². The van der Waals surface area contributed by atoms with Gasteiger partial charge in [-0.15, -0.1) is 0 Å². The topological polar surface area (TPSA) is 78.9 Å². The quantitative estimate of drug-likeness (QED) is 0.0261. The Kier molecular flexibility index (Phi) is 60.9. The monoisotopic (exact) mass is 1080 g/mol. The SMILES string of the molecule is CC/C=C\C/C=C\C/C=C\C/C=C\C/C=C\C/C=C\C/C=C\CCCCCC(=O)OCC(COC(=O)CCCCCCCCCCCC)OC(=O)CCCCCCCCCCC/C=C\C/C=C\C/C=C\C/C=C\C/C=C\CC. The second-order valence-corrected chi connectivity index (χ2v) is 20.6. The fourth-order valence-electron chi connectivity index (χ4n) is 8.39. The summed E-state index contributed by atoms with van der Waals surface area (Å²) >= 11 is 0. The van der Waals surface area contributed by atoms with Gasteiger partial charge in [0.25, 0.3) is 0 Å². The number of hydrogen-bond donors (Lipinski definition) is 0. The molecular formula is C72H116O6. The summed E-state index contributed by atoms with van der Waals surface area (Å²) in [4.78, 5) is 38.2. The standard InChI is InChI=1S/C72H116O6/c1-4-7-10-13-16-19-22-24-26-28-30-32-34-36-38-40-42-44-46-48-50-53-56-59-62-65-71(74)77-68-69(67-76-70(73)64-61-58-55-52-21-18-15-12-9-6-3)78-72(75)66-63-60-57-54-51-49-47-45-43-41-39-37-35-33-31-29-27-25-23-20-17-14-11-8-5-2/h7-8,10-11,16-17,19-20,24-27,30-33,36-39,42,44,48,50,69H,4-6,9,12-15,18,21-23,28-29,34-35,40-41,43,45-47,49,51-68H2,1-3H3/b10-7-,11-8-,19-16-,20-17-,26-24-,27-25-,32-30-,33-31-,38-36-,39-37-,44-42-,50-48-. The molecule has 0 saturated carbocycles. The molecule has 78 heavy (non-hydrogen) atoms. The average molecular weight is 1080 g/mol. The highest BCUT2D eigenvalue weighted by Gasteiger charge is 2.19. The summed E-state index contributed by atoms with van der Waals surface area (Å²) in [6.07, 6.45) is 92.8. The summed E-state index contributed by atoms with van der Waals surface area (Å²) in [5.74, 6) is -0.937. The van der Waals surface area contributed by atoms with Crippen LogP contribution in [-0.2, 0) is 28.6 Å². The van der Waals surface area contributed by atoms with E-state index in [-0.39, 0.29) is 31.1 Å². The molecule has 0 aliphatic carbocycles. The molecule has 0 rings (SSSR count). The Morgan fingerprint density at radius 2 is 0.500 bits per heavy atom. The number of carbonyl (C=O) groups excluding carboxylic acids is 3. The van der Waals surface area contributed by atoms with Crippen LogP contribution < -0.4 is 0 Å². The van der Waals surface area contributed by atoms with Gasteiger partial charge in [0.05, 0.1) is 0 Å². The lowest BCUT2D eigenvalue weighted by molar-refractivity contribution is -0.167. The number of esters is 3. The van der Waals surface area contributed by atoms with Crippen molar-refractivity contribution in [1.82, 2.24) is 0 Å². The Morgan fingerprint density at radius 3 is 0.795 bits per heavy atom. The fourth-order valence-corrected chi connectivity index (χ4v) is 8.39. The van der Waals surface area contributed by atoms with Gasteiger partial charge in [-0.25, -0.2) is 0 Å². The molecule has 0 spiro atoms. The summed E-state index contributed by atoms with van der Waals surface area (Å²) in [5.41, 5.74) is 0. The lowest BCUT2D eigenvalue weighted by Crippen LogP contribution is -2.30. The van der Waals surface area contributed by atoms with E-state index in [2.05, 4.69) is 167 Å². The van der Waals surface area contributed by atoms with Crippen LogP contribution in [0.2, 0.25) is 0 Å². The molecule has 6 nitrogen and oxygen atoms in total. The van der Waals surface area contributed by atoms with Crippen molar-refractivity contribution in [2.45, 2.75) is 277 Å². The molecule has 0 bridgehead atoms. The van der Waals surface area contributed by atoms with Crippen LogP contribution >= 0.6 is 0 Å². The van der Waals surface area contributed by atoms with Crippen LogP contribution in [0, 0.1) is 0 Å². The van der Waals surface area contributed by atoms with Crippen LogP contribution in [0.25, 0.3) is 0 Å². The third kappa shape index (κ3) is 62.1. The summed E-state index contributed by atoms with van der Waals surface area (Å²) in [6.45, 7) is 6.37. The van der Waals surface area contributed by atoms with Crippen molar-refractivity contribution in [2.75, 3.05) is 13.2 Å². The Balaban J connectivity index is 4.37. The van der Waals surface area contributed by atoms with Crippen molar-refractivity contribution in [1.29, 1.82) is 0 Å². The van der Waals surface area contributed by atoms with Crippen molar-refractivity contribution in [3.63, 3.8) is 0 Å². The minimum absolute atomic E-state index is 0.0944. The highest BCUT2D eigenvalue weighted by Crippen LogP contribution is 2.15. The van der Waals surface area contributed by atoms with Gasteiger partial charge in [0.1, 0.15) is 13.2 Å². The van der Waals surface area contributed by atoms with Gasteiger partial charge >= 0.3 is 17.9 Å². The highest BCUT2D eigenvalue weighted by molar-refractivity contribution is 5.71. The smallest absolute Gasteiger partial charge is 0.306 e. The van der Waals surface area contributed by atoms with E-state index in [1.54, 1.807) is 0 Å². The largest absolute Gasteiger partial charge is 0.462 e.